The smallest absolute Gasteiger partial charge is 0.264 e. The molecule has 0 spiro atoms. The van der Waals surface area contributed by atoms with Gasteiger partial charge in [0, 0.05) is 35.8 Å². The zero-order chi connectivity index (χ0) is 24.5. The molecule has 3 heterocycles. The number of carbonyl (C=O) groups is 2. The zero-order valence-electron chi connectivity index (χ0n) is 19.3. The van der Waals surface area contributed by atoms with E-state index in [-0.39, 0.29) is 35.8 Å². The van der Waals surface area contributed by atoms with E-state index in [1.54, 1.807) is 4.90 Å². The first-order valence-corrected chi connectivity index (χ1v) is 12.0. The molecule has 0 radical (unpaired) electrons. The van der Waals surface area contributed by atoms with Crippen molar-refractivity contribution in [1.82, 2.24) is 15.5 Å². The molecule has 0 aromatic heterocycles. The molecule has 3 N–H and O–H groups in total. The number of halogens is 2. The summed E-state index contributed by atoms with van der Waals surface area (Å²) in [5, 5.41) is 16.5. The van der Waals surface area contributed by atoms with Crippen LogP contribution in [-0.4, -0.2) is 65.8 Å². The summed E-state index contributed by atoms with van der Waals surface area (Å²) in [4.78, 5) is 27.5. The van der Waals surface area contributed by atoms with Gasteiger partial charge in [-0.3, -0.25) is 9.59 Å². The summed E-state index contributed by atoms with van der Waals surface area (Å²) in [6.07, 6.45) is -1.53. The highest BCUT2D eigenvalue weighted by Crippen LogP contribution is 2.33. The van der Waals surface area contributed by atoms with Gasteiger partial charge in [-0.25, -0.2) is 8.78 Å². The molecule has 2 saturated heterocycles. The molecule has 0 aliphatic carbocycles. The van der Waals surface area contributed by atoms with E-state index in [9.17, 15) is 23.5 Å². The van der Waals surface area contributed by atoms with Gasteiger partial charge in [-0.05, 0) is 48.6 Å². The topological polar surface area (TPSA) is 90.9 Å². The zero-order valence-corrected chi connectivity index (χ0v) is 19.3. The number of aliphatic hydroxyl groups excluding tert-OH is 1. The van der Waals surface area contributed by atoms with Crippen molar-refractivity contribution in [3.63, 3.8) is 0 Å². The normalized spacial score (nSPS) is 24.2. The van der Waals surface area contributed by atoms with Crippen LogP contribution in [0.3, 0.4) is 0 Å². The van der Waals surface area contributed by atoms with E-state index in [2.05, 4.69) is 10.6 Å². The quantitative estimate of drug-likeness (QED) is 0.585. The molecule has 5 rings (SSSR count). The van der Waals surface area contributed by atoms with Crippen LogP contribution >= 0.6 is 0 Å². The van der Waals surface area contributed by atoms with Gasteiger partial charge >= 0.3 is 0 Å². The third kappa shape index (κ3) is 4.80. The Kier molecular flexibility index (Phi) is 6.82. The summed E-state index contributed by atoms with van der Waals surface area (Å²) in [5.41, 5.74) is 1.81. The predicted molar refractivity (Wildman–Crippen MR) is 124 cm³/mol. The van der Waals surface area contributed by atoms with Crippen LogP contribution in [0.2, 0.25) is 0 Å². The summed E-state index contributed by atoms with van der Waals surface area (Å²) in [6, 6.07) is 11.3. The fraction of sp³-hybridized carbons (Fsp3) is 0.462. The highest BCUT2D eigenvalue weighted by atomic mass is 19.3. The number of fused-ring (bicyclic) bond motifs is 3. The maximum atomic E-state index is 13.9. The lowest BCUT2D eigenvalue weighted by Crippen LogP contribution is -2.49. The average molecular weight is 486 g/mol. The van der Waals surface area contributed by atoms with Crippen LogP contribution in [0.4, 0.5) is 8.78 Å². The Bertz CT molecular complexity index is 1100. The summed E-state index contributed by atoms with van der Waals surface area (Å²) in [5.74, 6) is -1.02. The van der Waals surface area contributed by atoms with E-state index in [0.29, 0.717) is 26.2 Å². The number of morpholine rings is 1. The molecule has 2 fully saturated rings. The largest absolute Gasteiger partial charge is 0.390 e. The minimum Gasteiger partial charge on any atom is -0.390 e. The van der Waals surface area contributed by atoms with E-state index in [0.717, 1.165) is 24.5 Å². The summed E-state index contributed by atoms with van der Waals surface area (Å²) in [7, 11) is 0. The maximum absolute atomic E-state index is 13.9. The molecular weight excluding hydrogens is 456 g/mol. The summed E-state index contributed by atoms with van der Waals surface area (Å²) >= 11 is 0. The number of rotatable bonds is 6. The molecule has 2 amide bonds. The first kappa shape index (κ1) is 23.8. The van der Waals surface area contributed by atoms with Crippen molar-refractivity contribution in [3.8, 4) is 0 Å². The molecule has 3 aliphatic heterocycles. The molecule has 2 bridgehead atoms. The average Bonchev–Trinajstić information content (AvgIpc) is 3.13. The first-order valence-electron chi connectivity index (χ1n) is 12.0. The number of hydrogen-bond donors (Lipinski definition) is 3. The number of carbonyl (C=O) groups excluding carboxylic acids is 2. The molecule has 2 aromatic carbocycles. The molecule has 9 heteroatoms. The Morgan fingerprint density at radius 3 is 2.54 bits per heavy atom. The van der Waals surface area contributed by atoms with Crippen molar-refractivity contribution in [3.05, 3.63) is 70.3 Å². The van der Waals surface area contributed by atoms with Crippen molar-refractivity contribution in [1.29, 1.82) is 0 Å². The van der Waals surface area contributed by atoms with Gasteiger partial charge < -0.3 is 25.4 Å². The standard InChI is InChI=1S/C26H29F2N3O4/c27-24(28)21-9-16(5-8-20(21)26(34)31-18-6-7-19(31)14-35-13-18)25(33)30-12-23(32)22-10-15-3-1-2-4-17(15)11-29-22/h1-5,8-9,18-19,22-24,29,32H,6-7,10-14H2,(H,30,33). The van der Waals surface area contributed by atoms with Crippen LogP contribution in [-0.2, 0) is 17.7 Å². The summed E-state index contributed by atoms with van der Waals surface area (Å²) in [6.45, 7) is 1.43. The third-order valence-corrected chi connectivity index (χ3v) is 7.30. The third-order valence-electron chi connectivity index (χ3n) is 7.30. The number of hydrogen-bond acceptors (Lipinski definition) is 5. The highest BCUT2D eigenvalue weighted by molar-refractivity contribution is 5.99. The van der Waals surface area contributed by atoms with Gasteiger partial charge in [-0.2, -0.15) is 0 Å². The van der Waals surface area contributed by atoms with Gasteiger partial charge in [0.15, 0.2) is 0 Å². The van der Waals surface area contributed by atoms with Crippen molar-refractivity contribution in [2.24, 2.45) is 0 Å². The highest BCUT2D eigenvalue weighted by Gasteiger charge is 2.41. The Morgan fingerprint density at radius 1 is 1.11 bits per heavy atom. The number of nitrogens with one attached hydrogen (secondary N) is 2. The van der Waals surface area contributed by atoms with Crippen LogP contribution in [0, 0.1) is 0 Å². The summed E-state index contributed by atoms with van der Waals surface area (Å²) < 4.78 is 33.3. The number of aliphatic hydroxyl groups is 1. The van der Waals surface area contributed by atoms with Gasteiger partial charge in [-0.15, -0.1) is 0 Å². The van der Waals surface area contributed by atoms with Crippen molar-refractivity contribution >= 4 is 11.8 Å². The monoisotopic (exact) mass is 485 g/mol. The van der Waals surface area contributed by atoms with Gasteiger partial charge in [0.25, 0.3) is 18.2 Å². The number of ether oxygens (including phenoxy) is 1. The maximum Gasteiger partial charge on any atom is 0.264 e. The van der Waals surface area contributed by atoms with Crippen LogP contribution in [0.5, 0.6) is 0 Å². The van der Waals surface area contributed by atoms with E-state index in [1.807, 2.05) is 24.3 Å². The Morgan fingerprint density at radius 2 is 1.83 bits per heavy atom. The predicted octanol–water partition coefficient (Wildman–Crippen LogP) is 2.43. The second-order valence-electron chi connectivity index (χ2n) is 9.48. The molecule has 3 aliphatic rings. The van der Waals surface area contributed by atoms with E-state index in [4.69, 9.17) is 4.74 Å². The van der Waals surface area contributed by atoms with Crippen LogP contribution in [0.15, 0.2) is 42.5 Å². The van der Waals surface area contributed by atoms with Crippen molar-refractivity contribution in [2.75, 3.05) is 19.8 Å². The van der Waals surface area contributed by atoms with Crippen LogP contribution in [0.25, 0.3) is 0 Å². The van der Waals surface area contributed by atoms with Gasteiger partial charge in [0.1, 0.15) is 0 Å². The molecule has 7 nitrogen and oxygen atoms in total. The lowest BCUT2D eigenvalue weighted by atomic mass is 9.93. The lowest BCUT2D eigenvalue weighted by molar-refractivity contribution is -0.00745. The van der Waals surface area contributed by atoms with E-state index >= 15 is 0 Å². The number of amides is 2. The van der Waals surface area contributed by atoms with E-state index in [1.165, 1.54) is 17.7 Å². The Hall–Kier alpha value is -2.88. The molecule has 2 aromatic rings. The minimum atomic E-state index is -2.91. The number of alkyl halides is 2. The van der Waals surface area contributed by atoms with Crippen molar-refractivity contribution < 1.29 is 28.2 Å². The van der Waals surface area contributed by atoms with Gasteiger partial charge in [0.2, 0.25) is 0 Å². The number of benzene rings is 2. The molecule has 0 saturated carbocycles. The van der Waals surface area contributed by atoms with Gasteiger partial charge in [-0.1, -0.05) is 24.3 Å². The van der Waals surface area contributed by atoms with E-state index < -0.39 is 29.9 Å². The fourth-order valence-corrected chi connectivity index (χ4v) is 5.37. The molecule has 186 valence electrons. The molecular formula is C26H29F2N3O4. The van der Waals surface area contributed by atoms with Gasteiger partial charge in [0.05, 0.1) is 31.4 Å². The first-order chi connectivity index (χ1) is 16.9. The SMILES string of the molecule is O=C(NCC(O)C1Cc2ccccc2CN1)c1ccc(C(=O)N2C3CCC2COC3)c(C(F)F)c1. The molecule has 4 atom stereocenters. The lowest BCUT2D eigenvalue weighted by Gasteiger charge is -2.35. The van der Waals surface area contributed by atoms with Crippen LogP contribution < -0.4 is 10.6 Å². The second-order valence-corrected chi connectivity index (χ2v) is 9.48. The minimum absolute atomic E-state index is 0.0240. The second kappa shape index (κ2) is 10.0. The molecule has 4 unspecified atom stereocenters. The Labute approximate surface area is 202 Å². The Balaban J connectivity index is 1.25. The van der Waals surface area contributed by atoms with Crippen molar-refractivity contribution in [2.45, 2.75) is 56.5 Å². The number of nitrogens with zero attached hydrogens (tertiary/aromatic N) is 1. The fourth-order valence-electron chi connectivity index (χ4n) is 5.37. The van der Waals surface area contributed by atoms with Crippen LogP contribution in [0.1, 0.15) is 56.7 Å². The molecule has 35 heavy (non-hydrogen) atoms.